The average Bonchev–Trinajstić information content (AvgIpc) is 2.56. The second-order valence-corrected chi connectivity index (χ2v) is 3.82. The normalized spacial score (nSPS) is 12.2. The molecule has 0 aromatic carbocycles. The van der Waals surface area contributed by atoms with Crippen LogP contribution in [0.15, 0.2) is 4.42 Å². The van der Waals surface area contributed by atoms with E-state index in [9.17, 15) is 9.59 Å². The van der Waals surface area contributed by atoms with Crippen LogP contribution in [0.25, 0.3) is 0 Å². The fourth-order valence-electron chi connectivity index (χ4n) is 1.50. The summed E-state index contributed by atoms with van der Waals surface area (Å²) in [6.45, 7) is 5.13. The summed E-state index contributed by atoms with van der Waals surface area (Å²) >= 11 is 0. The van der Waals surface area contributed by atoms with Gasteiger partial charge >= 0.3 is 5.97 Å². The van der Waals surface area contributed by atoms with Crippen molar-refractivity contribution in [3.05, 3.63) is 17.3 Å². The summed E-state index contributed by atoms with van der Waals surface area (Å²) in [4.78, 5) is 26.3. The highest BCUT2D eigenvalue weighted by Crippen LogP contribution is 2.10. The molecule has 1 amide bonds. The average molecular weight is 240 g/mol. The van der Waals surface area contributed by atoms with E-state index in [2.05, 4.69) is 10.3 Å². The molecule has 1 rings (SSSR count). The smallest absolute Gasteiger partial charge is 0.305 e. The summed E-state index contributed by atoms with van der Waals surface area (Å²) in [5, 5.41) is 11.3. The molecule has 1 unspecified atom stereocenters. The van der Waals surface area contributed by atoms with Gasteiger partial charge in [0.15, 0.2) is 5.89 Å². The van der Waals surface area contributed by atoms with Gasteiger partial charge in [0.1, 0.15) is 0 Å². The molecule has 0 saturated carbocycles. The van der Waals surface area contributed by atoms with Gasteiger partial charge in [-0.05, 0) is 13.3 Å². The number of rotatable bonds is 5. The zero-order chi connectivity index (χ0) is 13.0. The minimum Gasteiger partial charge on any atom is -0.481 e. The molecule has 0 bridgehead atoms. The van der Waals surface area contributed by atoms with Crippen LogP contribution in [-0.2, 0) is 4.79 Å². The molecule has 0 aliphatic heterocycles. The molecule has 17 heavy (non-hydrogen) atoms. The van der Waals surface area contributed by atoms with Crippen molar-refractivity contribution >= 4 is 11.9 Å². The van der Waals surface area contributed by atoms with E-state index in [1.165, 1.54) is 0 Å². The lowest BCUT2D eigenvalue weighted by Gasteiger charge is -2.13. The summed E-state index contributed by atoms with van der Waals surface area (Å²) in [7, 11) is 0. The Morgan fingerprint density at radius 2 is 2.12 bits per heavy atom. The summed E-state index contributed by atoms with van der Waals surface area (Å²) in [5.74, 6) is -0.802. The van der Waals surface area contributed by atoms with E-state index in [4.69, 9.17) is 9.52 Å². The fraction of sp³-hybridized carbons (Fsp3) is 0.545. The molecule has 1 aromatic rings. The van der Waals surface area contributed by atoms with Gasteiger partial charge in [0.25, 0.3) is 5.91 Å². The molecular weight excluding hydrogens is 224 g/mol. The van der Waals surface area contributed by atoms with Gasteiger partial charge in [-0.25, -0.2) is 4.98 Å². The maximum absolute atomic E-state index is 11.8. The molecule has 0 saturated heterocycles. The Labute approximate surface area is 99.0 Å². The number of carboxylic acid groups (broad SMARTS) is 1. The van der Waals surface area contributed by atoms with Crippen LogP contribution < -0.4 is 5.32 Å². The van der Waals surface area contributed by atoms with E-state index >= 15 is 0 Å². The second-order valence-electron chi connectivity index (χ2n) is 3.82. The third-order valence-corrected chi connectivity index (χ3v) is 2.36. The van der Waals surface area contributed by atoms with Gasteiger partial charge in [-0.3, -0.25) is 9.59 Å². The van der Waals surface area contributed by atoms with Crippen molar-refractivity contribution in [2.45, 2.75) is 39.7 Å². The molecule has 2 N–H and O–H groups in total. The highest BCUT2D eigenvalue weighted by atomic mass is 16.4. The first-order valence-electron chi connectivity index (χ1n) is 5.40. The van der Waals surface area contributed by atoms with Gasteiger partial charge in [-0.1, -0.05) is 6.92 Å². The van der Waals surface area contributed by atoms with Crippen LogP contribution >= 0.6 is 0 Å². The number of carboxylic acids is 1. The van der Waals surface area contributed by atoms with Crippen molar-refractivity contribution < 1.29 is 19.1 Å². The van der Waals surface area contributed by atoms with E-state index in [0.717, 1.165) is 0 Å². The Hall–Kier alpha value is -1.85. The quantitative estimate of drug-likeness (QED) is 0.808. The second kappa shape index (κ2) is 5.47. The Bertz CT molecular complexity index is 425. The van der Waals surface area contributed by atoms with Gasteiger partial charge in [-0.15, -0.1) is 0 Å². The largest absolute Gasteiger partial charge is 0.481 e. The molecule has 6 heteroatoms. The predicted molar refractivity (Wildman–Crippen MR) is 59.8 cm³/mol. The lowest BCUT2D eigenvalue weighted by Crippen LogP contribution is -2.36. The van der Waals surface area contributed by atoms with E-state index in [1.807, 2.05) is 6.92 Å². The number of aromatic nitrogens is 1. The summed E-state index contributed by atoms with van der Waals surface area (Å²) in [6.07, 6.45) is 0.443. The van der Waals surface area contributed by atoms with Crippen LogP contribution in [0, 0.1) is 13.8 Å². The first kappa shape index (κ1) is 13.2. The van der Waals surface area contributed by atoms with Gasteiger partial charge in [0.2, 0.25) is 5.76 Å². The van der Waals surface area contributed by atoms with Crippen LogP contribution in [0.5, 0.6) is 0 Å². The molecule has 0 fully saturated rings. The molecule has 0 aliphatic carbocycles. The van der Waals surface area contributed by atoms with E-state index in [-0.39, 0.29) is 12.2 Å². The molecule has 94 valence electrons. The minimum atomic E-state index is -0.942. The first-order chi connectivity index (χ1) is 7.93. The zero-order valence-corrected chi connectivity index (χ0v) is 10.1. The van der Waals surface area contributed by atoms with E-state index in [0.29, 0.717) is 18.0 Å². The van der Waals surface area contributed by atoms with Gasteiger partial charge in [0.05, 0.1) is 12.1 Å². The maximum Gasteiger partial charge on any atom is 0.305 e. The van der Waals surface area contributed by atoms with Crippen molar-refractivity contribution in [2.24, 2.45) is 0 Å². The molecule has 6 nitrogen and oxygen atoms in total. The molecular formula is C11H16N2O4. The first-order valence-corrected chi connectivity index (χ1v) is 5.40. The number of oxazole rings is 1. The zero-order valence-electron chi connectivity index (χ0n) is 10.1. The number of nitrogens with zero attached hydrogens (tertiary/aromatic N) is 1. The lowest BCUT2D eigenvalue weighted by molar-refractivity contribution is -0.137. The maximum atomic E-state index is 11.8. The molecule has 1 heterocycles. The SMILES string of the molecule is CCC(CC(=O)O)NC(=O)c1oc(C)nc1C. The lowest BCUT2D eigenvalue weighted by atomic mass is 10.1. The van der Waals surface area contributed by atoms with Crippen LogP contribution in [-0.4, -0.2) is 28.0 Å². The predicted octanol–water partition coefficient (Wildman–Crippen LogP) is 1.27. The number of aryl methyl sites for hydroxylation is 2. The minimum absolute atomic E-state index is 0.103. The van der Waals surface area contributed by atoms with Crippen molar-refractivity contribution in [1.82, 2.24) is 10.3 Å². The van der Waals surface area contributed by atoms with Crippen molar-refractivity contribution in [1.29, 1.82) is 0 Å². The fourth-order valence-corrected chi connectivity index (χ4v) is 1.50. The number of hydrogen-bond donors (Lipinski definition) is 2. The monoisotopic (exact) mass is 240 g/mol. The van der Waals surface area contributed by atoms with E-state index in [1.54, 1.807) is 13.8 Å². The summed E-state index contributed by atoms with van der Waals surface area (Å²) in [5.41, 5.74) is 0.505. The van der Waals surface area contributed by atoms with Gasteiger partial charge in [0, 0.05) is 13.0 Å². The Balaban J connectivity index is 2.70. The van der Waals surface area contributed by atoms with Crippen molar-refractivity contribution in [3.63, 3.8) is 0 Å². The van der Waals surface area contributed by atoms with Gasteiger partial charge in [-0.2, -0.15) is 0 Å². The van der Waals surface area contributed by atoms with Gasteiger partial charge < -0.3 is 14.8 Å². The molecule has 1 aromatic heterocycles. The molecule has 0 aliphatic rings. The number of nitrogens with one attached hydrogen (secondary N) is 1. The highest BCUT2D eigenvalue weighted by Gasteiger charge is 2.20. The number of carbonyl (C=O) groups excluding carboxylic acids is 1. The number of hydrogen-bond acceptors (Lipinski definition) is 4. The Morgan fingerprint density at radius 3 is 2.53 bits per heavy atom. The Morgan fingerprint density at radius 1 is 1.47 bits per heavy atom. The standard InChI is InChI=1S/C11H16N2O4/c1-4-8(5-9(14)15)13-11(16)10-6(2)12-7(3)17-10/h8H,4-5H2,1-3H3,(H,13,16)(H,14,15). The van der Waals surface area contributed by atoms with Crippen LogP contribution in [0.3, 0.4) is 0 Å². The van der Waals surface area contributed by atoms with Crippen LogP contribution in [0.2, 0.25) is 0 Å². The number of aliphatic carboxylic acids is 1. The van der Waals surface area contributed by atoms with Crippen LogP contribution in [0.4, 0.5) is 0 Å². The third kappa shape index (κ3) is 3.58. The topological polar surface area (TPSA) is 92.4 Å². The number of carbonyl (C=O) groups is 2. The third-order valence-electron chi connectivity index (χ3n) is 2.36. The van der Waals surface area contributed by atoms with E-state index < -0.39 is 17.9 Å². The number of amides is 1. The summed E-state index contributed by atoms with van der Waals surface area (Å²) in [6, 6.07) is -0.398. The van der Waals surface area contributed by atoms with Crippen molar-refractivity contribution in [3.8, 4) is 0 Å². The molecule has 0 spiro atoms. The highest BCUT2D eigenvalue weighted by molar-refractivity contribution is 5.92. The summed E-state index contributed by atoms with van der Waals surface area (Å²) < 4.78 is 5.16. The molecule has 0 radical (unpaired) electrons. The van der Waals surface area contributed by atoms with Crippen LogP contribution in [0.1, 0.15) is 41.9 Å². The molecule has 1 atom stereocenters. The Kier molecular flexibility index (Phi) is 4.25. The van der Waals surface area contributed by atoms with Crippen molar-refractivity contribution in [2.75, 3.05) is 0 Å².